The second-order valence-corrected chi connectivity index (χ2v) is 9.16. The van der Waals surface area contributed by atoms with Crippen molar-refractivity contribution in [3.63, 3.8) is 0 Å². The van der Waals surface area contributed by atoms with E-state index in [4.69, 9.17) is 22.1 Å². The van der Waals surface area contributed by atoms with E-state index in [9.17, 15) is 14.4 Å². The lowest BCUT2D eigenvalue weighted by molar-refractivity contribution is -0.137. The van der Waals surface area contributed by atoms with Crippen LogP contribution in [0.3, 0.4) is 0 Å². The summed E-state index contributed by atoms with van der Waals surface area (Å²) in [5, 5.41) is 5.09. The van der Waals surface area contributed by atoms with Crippen LogP contribution in [-0.2, 0) is 20.9 Å². The molecule has 3 aromatic rings. The van der Waals surface area contributed by atoms with Crippen molar-refractivity contribution in [1.29, 1.82) is 0 Å². The van der Waals surface area contributed by atoms with Crippen LogP contribution in [0.25, 0.3) is 10.8 Å². The number of halogens is 1. The van der Waals surface area contributed by atoms with Gasteiger partial charge in [-0.1, -0.05) is 54.1 Å². The fraction of sp³-hybridized carbons (Fsp3) is 0.308. The molecule has 0 radical (unpaired) electrons. The normalized spacial score (nSPS) is 14.8. The molecule has 0 aliphatic carbocycles. The van der Waals surface area contributed by atoms with Crippen LogP contribution in [0, 0.1) is 0 Å². The largest absolute Gasteiger partial charge is 0.447 e. The summed E-state index contributed by atoms with van der Waals surface area (Å²) in [6.07, 6.45) is 2.58. The number of anilines is 1. The number of pyridine rings is 1. The number of nitrogens with two attached hydrogens (primary N) is 1. The first-order valence-electron chi connectivity index (χ1n) is 11.7. The lowest BCUT2D eigenvalue weighted by Crippen LogP contribution is -2.59. The zero-order valence-corrected chi connectivity index (χ0v) is 20.5. The smallest absolute Gasteiger partial charge is 0.412 e. The van der Waals surface area contributed by atoms with Gasteiger partial charge in [-0.2, -0.15) is 0 Å². The molecule has 9 nitrogen and oxygen atoms in total. The molecule has 0 atom stereocenters. The highest BCUT2D eigenvalue weighted by Crippen LogP contribution is 2.31. The van der Waals surface area contributed by atoms with E-state index < -0.39 is 11.6 Å². The van der Waals surface area contributed by atoms with Crippen molar-refractivity contribution in [1.82, 2.24) is 14.8 Å². The quantitative estimate of drug-likeness (QED) is 0.449. The van der Waals surface area contributed by atoms with Gasteiger partial charge in [0.25, 0.3) is 0 Å². The Morgan fingerprint density at radius 1 is 1.14 bits per heavy atom. The molecule has 1 fully saturated rings. The standard InChI is InChI=1S/C26H28ClN5O4/c27-22-8-4-3-7-21(22)16-32(18-33)26(9-11-31(12-10-26)24(34)14-28)17-36-25(35)30-23-13-19-5-1-2-6-20(19)15-29-23/h1-8,13,15,18H,9-12,14,16-17,28H2,(H,29,30,35). The first-order chi connectivity index (χ1) is 17.4. The summed E-state index contributed by atoms with van der Waals surface area (Å²) in [6, 6.07) is 16.7. The number of piperidine rings is 1. The van der Waals surface area contributed by atoms with Gasteiger partial charge in [0.15, 0.2) is 0 Å². The fourth-order valence-corrected chi connectivity index (χ4v) is 4.63. The number of carbonyl (C=O) groups excluding carboxylic acids is 3. The summed E-state index contributed by atoms with van der Waals surface area (Å²) < 4.78 is 5.62. The second-order valence-electron chi connectivity index (χ2n) is 8.75. The van der Waals surface area contributed by atoms with Crippen LogP contribution in [0.15, 0.2) is 60.8 Å². The molecule has 4 rings (SSSR count). The van der Waals surface area contributed by atoms with Crippen molar-refractivity contribution >= 4 is 46.6 Å². The Bertz CT molecular complexity index is 1250. The fourth-order valence-electron chi connectivity index (χ4n) is 4.44. The second kappa shape index (κ2) is 11.4. The Hall–Kier alpha value is -3.69. The third-order valence-electron chi connectivity index (χ3n) is 6.59. The number of hydrogen-bond donors (Lipinski definition) is 2. The van der Waals surface area contributed by atoms with Crippen molar-refractivity contribution in [2.75, 3.05) is 31.6 Å². The predicted molar refractivity (Wildman–Crippen MR) is 137 cm³/mol. The first-order valence-corrected chi connectivity index (χ1v) is 12.0. The number of hydrogen-bond acceptors (Lipinski definition) is 6. The zero-order valence-electron chi connectivity index (χ0n) is 19.7. The summed E-state index contributed by atoms with van der Waals surface area (Å²) in [6.45, 7) is 0.882. The van der Waals surface area contributed by atoms with E-state index in [0.717, 1.165) is 22.7 Å². The molecule has 1 aliphatic rings. The molecule has 10 heteroatoms. The monoisotopic (exact) mass is 509 g/mol. The Labute approximate surface area is 214 Å². The molecule has 2 aromatic carbocycles. The lowest BCUT2D eigenvalue weighted by atomic mass is 9.86. The highest BCUT2D eigenvalue weighted by molar-refractivity contribution is 6.31. The molecule has 0 saturated carbocycles. The number of amides is 3. The van der Waals surface area contributed by atoms with E-state index in [0.29, 0.717) is 36.8 Å². The van der Waals surface area contributed by atoms with Crippen LogP contribution in [0.2, 0.25) is 5.02 Å². The summed E-state index contributed by atoms with van der Waals surface area (Å²) in [4.78, 5) is 44.6. The maximum atomic E-state index is 12.7. The van der Waals surface area contributed by atoms with Gasteiger partial charge in [-0.15, -0.1) is 0 Å². The number of benzene rings is 2. The maximum absolute atomic E-state index is 12.7. The molecule has 3 N–H and O–H groups in total. The first kappa shape index (κ1) is 25.4. The van der Waals surface area contributed by atoms with Crippen LogP contribution in [0.5, 0.6) is 0 Å². The van der Waals surface area contributed by atoms with Crippen LogP contribution in [-0.4, -0.2) is 65.0 Å². The van der Waals surface area contributed by atoms with Crippen molar-refractivity contribution in [3.8, 4) is 0 Å². The van der Waals surface area contributed by atoms with Crippen molar-refractivity contribution in [3.05, 3.63) is 71.4 Å². The van der Waals surface area contributed by atoms with Gasteiger partial charge in [0.2, 0.25) is 12.3 Å². The Morgan fingerprint density at radius 3 is 2.53 bits per heavy atom. The molecule has 1 aromatic heterocycles. The number of fused-ring (bicyclic) bond motifs is 1. The number of ether oxygens (including phenoxy) is 1. The number of nitrogens with one attached hydrogen (secondary N) is 1. The molecule has 188 valence electrons. The minimum Gasteiger partial charge on any atom is -0.447 e. The van der Waals surface area contributed by atoms with Crippen molar-refractivity contribution in [2.24, 2.45) is 5.73 Å². The van der Waals surface area contributed by atoms with Crippen molar-refractivity contribution < 1.29 is 19.1 Å². The summed E-state index contributed by atoms with van der Waals surface area (Å²) >= 11 is 6.34. The van der Waals surface area contributed by atoms with E-state index >= 15 is 0 Å². The molecule has 1 saturated heterocycles. The molecular weight excluding hydrogens is 482 g/mol. The zero-order chi connectivity index (χ0) is 25.5. The molecule has 0 spiro atoms. The Kier molecular flexibility index (Phi) is 8.02. The third kappa shape index (κ3) is 5.75. The molecule has 1 aliphatic heterocycles. The van der Waals surface area contributed by atoms with E-state index in [-0.39, 0.29) is 25.6 Å². The number of aromatic nitrogens is 1. The van der Waals surface area contributed by atoms with Gasteiger partial charge in [-0.05, 0) is 35.9 Å². The molecule has 0 bridgehead atoms. The van der Waals surface area contributed by atoms with Gasteiger partial charge in [0, 0.05) is 36.2 Å². The average Bonchev–Trinajstić information content (AvgIpc) is 2.91. The van der Waals surface area contributed by atoms with E-state index in [1.54, 1.807) is 28.1 Å². The average molecular weight is 510 g/mol. The predicted octanol–water partition coefficient (Wildman–Crippen LogP) is 3.42. The lowest BCUT2D eigenvalue weighted by Gasteiger charge is -2.46. The Morgan fingerprint density at radius 2 is 1.83 bits per heavy atom. The molecule has 2 heterocycles. The topological polar surface area (TPSA) is 118 Å². The van der Waals surface area contributed by atoms with Gasteiger partial charge in [-0.3, -0.25) is 14.9 Å². The number of rotatable bonds is 8. The highest BCUT2D eigenvalue weighted by atomic mass is 35.5. The van der Waals surface area contributed by atoms with Gasteiger partial charge in [-0.25, -0.2) is 9.78 Å². The summed E-state index contributed by atoms with van der Waals surface area (Å²) in [7, 11) is 0. The van der Waals surface area contributed by atoms with E-state index in [1.165, 1.54) is 0 Å². The summed E-state index contributed by atoms with van der Waals surface area (Å²) in [5.74, 6) is 0.202. The third-order valence-corrected chi connectivity index (χ3v) is 6.96. The van der Waals surface area contributed by atoms with Crippen LogP contribution >= 0.6 is 11.6 Å². The SMILES string of the molecule is NCC(=O)N1CCC(COC(=O)Nc2cc3ccccc3cn2)(N(C=O)Cc2ccccc2Cl)CC1. The van der Waals surface area contributed by atoms with Gasteiger partial charge in [0.1, 0.15) is 12.4 Å². The molecule has 36 heavy (non-hydrogen) atoms. The number of nitrogens with zero attached hydrogens (tertiary/aromatic N) is 3. The summed E-state index contributed by atoms with van der Waals surface area (Å²) in [5.41, 5.74) is 5.48. The van der Waals surface area contributed by atoms with Crippen LogP contribution in [0.4, 0.5) is 10.6 Å². The van der Waals surface area contributed by atoms with Gasteiger partial charge >= 0.3 is 6.09 Å². The van der Waals surface area contributed by atoms with E-state index in [1.807, 2.05) is 42.5 Å². The molecule has 3 amide bonds. The van der Waals surface area contributed by atoms with Crippen LogP contribution < -0.4 is 11.1 Å². The maximum Gasteiger partial charge on any atom is 0.412 e. The van der Waals surface area contributed by atoms with Gasteiger partial charge in [0.05, 0.1) is 12.1 Å². The highest BCUT2D eigenvalue weighted by Gasteiger charge is 2.42. The number of likely N-dealkylation sites (tertiary alicyclic amines) is 1. The number of carbonyl (C=O) groups is 3. The molecular formula is C26H28ClN5O4. The Balaban J connectivity index is 1.49. The molecule has 0 unspecified atom stereocenters. The van der Waals surface area contributed by atoms with E-state index in [2.05, 4.69) is 10.3 Å². The van der Waals surface area contributed by atoms with Gasteiger partial charge < -0.3 is 20.3 Å². The minimum absolute atomic E-state index is 0.0553. The van der Waals surface area contributed by atoms with Crippen molar-refractivity contribution in [2.45, 2.75) is 24.9 Å². The minimum atomic E-state index is -0.819. The van der Waals surface area contributed by atoms with Crippen LogP contribution in [0.1, 0.15) is 18.4 Å².